The topological polar surface area (TPSA) is 393 Å². The number of aliphatic imine (C=N–C) groups is 1. The third-order valence-electron chi connectivity index (χ3n) is 21.9. The van der Waals surface area contributed by atoms with Crippen molar-refractivity contribution >= 4 is 203 Å². The number of amidine groups is 4. The molecule has 15 rings (SSSR count). The Labute approximate surface area is 838 Å². The zero-order chi connectivity index (χ0) is 97.4. The van der Waals surface area contributed by atoms with Crippen molar-refractivity contribution in [2.75, 3.05) is 96.0 Å². The van der Waals surface area contributed by atoms with Crippen LogP contribution in [0, 0.1) is 16.2 Å². The number of carbonyl (C=O) groups is 8. The number of benzene rings is 8. The molecule has 3 aliphatic heterocycles. The highest BCUT2D eigenvalue weighted by Gasteiger charge is 2.29. The van der Waals surface area contributed by atoms with Crippen LogP contribution >= 0.6 is 110 Å². The number of methoxy groups -OCH3 is 4. The second kappa shape index (κ2) is 48.5. The number of nitrogen functional groups attached to an aromatic ring is 1. The molecule has 136 heavy (non-hydrogen) atoms. The number of carbonyl (C=O) groups excluding carboxylic acids is 8. The predicted molar refractivity (Wildman–Crippen MR) is 544 cm³/mol. The van der Waals surface area contributed by atoms with E-state index in [4.69, 9.17) is 87.3 Å². The summed E-state index contributed by atoms with van der Waals surface area (Å²) in [4.78, 5) is 132. The maximum absolute atomic E-state index is 13.2. The monoisotopic (exact) mass is 2160 g/mol. The van der Waals surface area contributed by atoms with Crippen molar-refractivity contribution in [1.29, 1.82) is 16.2 Å². The van der Waals surface area contributed by atoms with Crippen molar-refractivity contribution in [3.05, 3.63) is 346 Å². The molecule has 0 unspecified atom stereocenters. The Morgan fingerprint density at radius 1 is 0.353 bits per heavy atom. The quantitative estimate of drug-likeness (QED) is 0.0128. The molecule has 0 spiro atoms. The lowest BCUT2D eigenvalue weighted by molar-refractivity contribution is 0.0979. The van der Waals surface area contributed by atoms with Gasteiger partial charge in [-0.3, -0.25) is 59.6 Å². The molecule has 8 aromatic carbocycles. The molecule has 0 atom stereocenters. The van der Waals surface area contributed by atoms with Gasteiger partial charge in [-0.25, -0.2) is 19.9 Å². The lowest BCUT2D eigenvalue weighted by atomic mass is 9.96. The lowest BCUT2D eigenvalue weighted by Gasteiger charge is -2.29. The average Bonchev–Trinajstić information content (AvgIpc) is 1.20. The minimum atomic E-state index is -0.467. The number of hydrogen-bond donors (Lipinski definition) is 8. The number of piperidine rings is 1. The number of Topliss-reactive ketones (excluding diaryl/α,β-unsaturated/α-hetero) is 4. The molecule has 4 aromatic heterocycles. The van der Waals surface area contributed by atoms with Crippen molar-refractivity contribution in [1.82, 2.24) is 34.6 Å². The van der Waals surface area contributed by atoms with Gasteiger partial charge in [0.15, 0.2) is 23.1 Å². The van der Waals surface area contributed by atoms with Crippen LogP contribution in [0.25, 0.3) is 0 Å². The number of hydrogen-bond acceptors (Lipinski definition) is 21. The van der Waals surface area contributed by atoms with Gasteiger partial charge in [-0.05, 0) is 193 Å². The third kappa shape index (κ3) is 27.5. The van der Waals surface area contributed by atoms with Gasteiger partial charge in [0.2, 0.25) is 0 Å². The van der Waals surface area contributed by atoms with E-state index in [0.29, 0.717) is 128 Å². The number of likely N-dealkylation sites (N-methyl/N-ethyl adjacent to an activating group) is 1. The summed E-state index contributed by atoms with van der Waals surface area (Å²) in [6, 6.07) is 53.8. The SMILES string of the molecule is COc1cc(Cl)cc(C(=O)Nc2ccc(Br)cn2)c1CC(=O)c1ccc(C(=N)N)cc1.COc1cc(Cl)cc(C(=O)Nc2ccc(Br)cn2)c1CC(=O)c1ccc(C(=N)N2CCCC2)cc1.COc1cc(Cl)cc(C(=O)Nc2ccc(Br)cn2)c1CC(=O)c1ccc(C(=N)N2CCCCC2)cc1.COc1cc(Cl)cc(C(=O)Nc2ccc(Br)cn2)c1CC(=O)c1ccc(C2=NCCN2C)cc1. The largest absolute Gasteiger partial charge is 0.496 e. The second-order valence-electron chi connectivity index (χ2n) is 31.0. The molecular weight excluding hydrogens is 2080 g/mol. The van der Waals surface area contributed by atoms with Gasteiger partial charge in [0.25, 0.3) is 23.6 Å². The molecule has 0 saturated carbocycles. The van der Waals surface area contributed by atoms with Crippen LogP contribution in [0.4, 0.5) is 23.3 Å². The highest BCUT2D eigenvalue weighted by Crippen LogP contribution is 2.36. The van der Waals surface area contributed by atoms with Crippen molar-refractivity contribution in [2.24, 2.45) is 10.7 Å². The van der Waals surface area contributed by atoms with Gasteiger partial charge in [0, 0.05) is 217 Å². The number of halogens is 8. The zero-order valence-corrected chi connectivity index (χ0v) is 83.3. The third-order valence-corrected chi connectivity index (χ3v) is 24.6. The average molecular weight is 2170 g/mol. The Bertz CT molecular complexity index is 6500. The molecule has 7 heterocycles. The number of rotatable bonds is 28. The first-order chi connectivity index (χ1) is 65.3. The number of ether oxygens (including phenoxy) is 4. The van der Waals surface area contributed by atoms with Gasteiger partial charge in [-0.15, -0.1) is 0 Å². The summed E-state index contributed by atoms with van der Waals surface area (Å²) < 4.78 is 24.9. The number of anilines is 4. The highest BCUT2D eigenvalue weighted by molar-refractivity contribution is 9.11. The molecule has 0 bridgehead atoms. The molecule has 0 radical (unpaired) electrons. The fourth-order valence-electron chi connectivity index (χ4n) is 14.8. The molecule has 0 aliphatic carbocycles. The number of ketones is 4. The first kappa shape index (κ1) is 102. The van der Waals surface area contributed by atoms with E-state index in [1.54, 1.807) is 183 Å². The number of amides is 4. The number of pyridine rings is 4. The van der Waals surface area contributed by atoms with Crippen molar-refractivity contribution in [3.63, 3.8) is 0 Å². The van der Waals surface area contributed by atoms with Crippen LogP contribution in [-0.4, -0.2) is 179 Å². The maximum atomic E-state index is 13.2. The van der Waals surface area contributed by atoms with Gasteiger partial charge in [-0.1, -0.05) is 143 Å². The molecule has 12 aromatic rings. The predicted octanol–water partition coefficient (Wildman–Crippen LogP) is 20.9. The van der Waals surface area contributed by atoms with E-state index in [9.17, 15) is 38.4 Å². The summed E-state index contributed by atoms with van der Waals surface area (Å²) in [5.41, 5.74) is 13.1. The van der Waals surface area contributed by atoms with Gasteiger partial charge in [0.05, 0.1) is 35.0 Å². The second-order valence-corrected chi connectivity index (χ2v) is 36.4. The van der Waals surface area contributed by atoms with Crippen LogP contribution in [-0.2, 0) is 25.7 Å². The van der Waals surface area contributed by atoms with Crippen LogP contribution in [0.1, 0.15) is 159 Å². The van der Waals surface area contributed by atoms with E-state index in [2.05, 4.69) is 120 Å². The summed E-state index contributed by atoms with van der Waals surface area (Å²) in [6.45, 7) is 5.19. The molecule has 28 nitrogen and oxygen atoms in total. The minimum Gasteiger partial charge on any atom is -0.496 e. The van der Waals surface area contributed by atoms with E-state index in [-0.39, 0.29) is 76.9 Å². The standard InChI is InChI=1S/C27H26BrClN4O3.C26H24BrClN4O3.C25H22BrClN4O3.C22H18BrClN4O3/c1-36-24-14-20(29)13-22(27(35)32-25-10-9-19(28)16-31-25)21(24)15-23(34)17-5-7-18(8-6-17)26(30)33-11-3-2-4-12-33;1-35-23-13-19(28)12-21(26(34)31-24-9-8-18(27)15-30-24)20(23)14-22(33)16-4-6-17(7-5-16)25(29)32-10-2-3-11-32;1-31-10-9-28-24(31)16-5-3-15(4-6-16)21(32)13-19-20(11-18(27)12-22(19)34-2)25(33)30-23-8-7-17(26)14-29-23;1-31-19-9-15(24)8-17(22(30)28-20-7-6-14(23)11-27-20)16(19)10-18(29)12-2-4-13(5-3-12)21(25)26/h5-10,13-14,16,30H,2-4,11-12,15H2,1H3,(H,31,32,35);4-9,12-13,15,29H,2-3,10-11,14H2,1H3,(H,30,31,34);3-8,11-12,14H,9-10,13H2,1-2H3,(H,29,30,33);2-9,11H,10H2,1H3,(H3,25,26)(H,27,28,30). The molecule has 3 aliphatic rings. The first-order valence-electron chi connectivity index (χ1n) is 42.3. The molecule has 2 saturated heterocycles. The summed E-state index contributed by atoms with van der Waals surface area (Å²) in [6.07, 6.45) is 11.6. The number of nitrogens with two attached hydrogens (primary N) is 1. The van der Waals surface area contributed by atoms with Crippen molar-refractivity contribution in [2.45, 2.75) is 57.8 Å². The van der Waals surface area contributed by atoms with Crippen LogP contribution in [0.3, 0.4) is 0 Å². The van der Waals surface area contributed by atoms with E-state index in [1.807, 2.05) is 24.1 Å². The number of aromatic nitrogens is 4. The van der Waals surface area contributed by atoms with Crippen molar-refractivity contribution in [3.8, 4) is 23.0 Å². The zero-order valence-electron chi connectivity index (χ0n) is 74.0. The minimum absolute atomic E-state index is 0.0307. The van der Waals surface area contributed by atoms with E-state index in [1.165, 1.54) is 59.1 Å². The van der Waals surface area contributed by atoms with Crippen molar-refractivity contribution < 1.29 is 57.3 Å². The van der Waals surface area contributed by atoms with Gasteiger partial charge in [-0.2, -0.15) is 0 Å². The molecular formula is C100H90Br4Cl4N16O12. The molecule has 36 heteroatoms. The number of likely N-dealkylation sites (tertiary alicyclic amines) is 2. The van der Waals surface area contributed by atoms with Gasteiger partial charge >= 0.3 is 0 Å². The Hall–Kier alpha value is -12.9. The number of nitrogens with one attached hydrogen (secondary N) is 7. The summed E-state index contributed by atoms with van der Waals surface area (Å²) in [5, 5.41) is 36.5. The van der Waals surface area contributed by atoms with Gasteiger partial charge in [0.1, 0.15) is 69.6 Å². The smallest absolute Gasteiger partial charge is 0.257 e. The van der Waals surface area contributed by atoms with Gasteiger partial charge < -0.3 is 60.6 Å². The molecule has 4 amide bonds. The Kier molecular flexibility index (Phi) is 36.4. The summed E-state index contributed by atoms with van der Waals surface area (Å²) >= 11 is 38.1. The normalized spacial score (nSPS) is 12.4. The molecule has 2 fully saturated rings. The lowest BCUT2D eigenvalue weighted by Crippen LogP contribution is -2.35. The Morgan fingerprint density at radius 3 is 0.838 bits per heavy atom. The fraction of sp³-hybridized carbons (Fsp3) is 0.200. The molecule has 698 valence electrons. The fourth-order valence-corrected chi connectivity index (χ4v) is 16.6. The maximum Gasteiger partial charge on any atom is 0.257 e. The highest BCUT2D eigenvalue weighted by atomic mass is 79.9. The Morgan fingerprint density at radius 2 is 0.603 bits per heavy atom. The van der Waals surface area contributed by atoms with Crippen LogP contribution < -0.4 is 45.9 Å². The van der Waals surface area contributed by atoms with Crippen LogP contribution in [0.15, 0.2) is 242 Å². The molecule has 9 N–H and O–H groups in total. The first-order valence-corrected chi connectivity index (χ1v) is 47.0. The Balaban J connectivity index is 0.000000163. The number of nitrogens with zero attached hydrogens (tertiary/aromatic N) is 8. The van der Waals surface area contributed by atoms with Crippen LogP contribution in [0.5, 0.6) is 23.0 Å². The van der Waals surface area contributed by atoms with Crippen LogP contribution in [0.2, 0.25) is 20.1 Å². The van der Waals surface area contributed by atoms with E-state index in [0.717, 1.165) is 105 Å². The summed E-state index contributed by atoms with van der Waals surface area (Å²) in [5.74, 6) is 2.12. The van der Waals surface area contributed by atoms with E-state index < -0.39 is 23.6 Å². The van der Waals surface area contributed by atoms with E-state index >= 15 is 0 Å². The summed E-state index contributed by atoms with van der Waals surface area (Å²) in [7, 11) is 7.85.